The van der Waals surface area contributed by atoms with Crippen LogP contribution in [0.1, 0.15) is 12.2 Å². The van der Waals surface area contributed by atoms with Crippen LogP contribution in [0, 0.1) is 0 Å². The van der Waals surface area contributed by atoms with Gasteiger partial charge in [0.25, 0.3) is 0 Å². The zero-order valence-electron chi connectivity index (χ0n) is 13.3. The highest BCUT2D eigenvalue weighted by Crippen LogP contribution is 2.16. The average molecular weight is 321 g/mol. The molecule has 5 heteroatoms. The van der Waals surface area contributed by atoms with E-state index in [1.807, 2.05) is 36.5 Å². The molecule has 3 rings (SSSR count). The van der Waals surface area contributed by atoms with Crippen molar-refractivity contribution < 1.29 is 9.21 Å². The topological polar surface area (TPSA) is 60.1 Å². The van der Waals surface area contributed by atoms with Crippen LogP contribution >= 0.6 is 0 Å². The number of carbonyl (C=O) groups is 1. The van der Waals surface area contributed by atoms with Crippen molar-refractivity contribution in [3.05, 3.63) is 73.0 Å². The van der Waals surface area contributed by atoms with Crippen molar-refractivity contribution in [2.24, 2.45) is 0 Å². The molecule has 0 fully saturated rings. The van der Waals surface area contributed by atoms with Gasteiger partial charge in [0.1, 0.15) is 11.6 Å². The van der Waals surface area contributed by atoms with Crippen molar-refractivity contribution in [1.82, 2.24) is 14.9 Å². The lowest BCUT2D eigenvalue weighted by Crippen LogP contribution is -2.23. The van der Waals surface area contributed by atoms with Gasteiger partial charge in [-0.1, -0.05) is 30.3 Å². The van der Waals surface area contributed by atoms with E-state index in [1.54, 1.807) is 30.7 Å². The third kappa shape index (κ3) is 4.23. The molecule has 0 saturated heterocycles. The Labute approximate surface area is 140 Å². The number of aromatic nitrogens is 2. The summed E-state index contributed by atoms with van der Waals surface area (Å²) in [6.45, 7) is 1.40. The molecule has 0 unspecified atom stereocenters. The van der Waals surface area contributed by atoms with Crippen LogP contribution in [0.15, 0.2) is 71.6 Å². The first-order valence-corrected chi connectivity index (χ1v) is 7.89. The second-order valence-electron chi connectivity index (χ2n) is 5.30. The molecule has 0 spiro atoms. The zero-order chi connectivity index (χ0) is 16.6. The summed E-state index contributed by atoms with van der Waals surface area (Å²) in [7, 11) is 0. The van der Waals surface area contributed by atoms with E-state index in [2.05, 4.69) is 14.9 Å². The molecule has 0 radical (unpaired) electrons. The van der Waals surface area contributed by atoms with E-state index >= 15 is 0 Å². The minimum Gasteiger partial charge on any atom is -0.465 e. The third-order valence-corrected chi connectivity index (χ3v) is 3.56. The van der Waals surface area contributed by atoms with Gasteiger partial charge in [-0.15, -0.1) is 0 Å². The Kier molecular flexibility index (Phi) is 5.24. The van der Waals surface area contributed by atoms with E-state index in [-0.39, 0.29) is 5.91 Å². The molecule has 0 aliphatic carbocycles. The summed E-state index contributed by atoms with van der Waals surface area (Å²) in [4.78, 5) is 16.1. The number of benzene rings is 1. The molecule has 0 saturated carbocycles. The highest BCUT2D eigenvalue weighted by Gasteiger charge is 2.05. The Morgan fingerprint density at radius 3 is 2.88 bits per heavy atom. The SMILES string of the molecule is O=C(/C=C/c1ccco1)NCCCn1ccnc1-c1ccccc1. The van der Waals surface area contributed by atoms with Gasteiger partial charge in [0.15, 0.2) is 0 Å². The van der Waals surface area contributed by atoms with Crippen LogP contribution in [0.3, 0.4) is 0 Å². The highest BCUT2D eigenvalue weighted by atomic mass is 16.3. The Morgan fingerprint density at radius 1 is 1.21 bits per heavy atom. The lowest BCUT2D eigenvalue weighted by Gasteiger charge is -2.08. The molecular formula is C19H19N3O2. The summed E-state index contributed by atoms with van der Waals surface area (Å²) in [6.07, 6.45) is 9.29. The number of imidazole rings is 1. The summed E-state index contributed by atoms with van der Waals surface area (Å²) in [5.74, 6) is 1.48. The Bertz CT molecular complexity index is 789. The lowest BCUT2D eigenvalue weighted by molar-refractivity contribution is -0.116. The van der Waals surface area contributed by atoms with Crippen LogP contribution < -0.4 is 5.32 Å². The molecule has 0 aliphatic rings. The molecule has 1 amide bonds. The number of rotatable bonds is 7. The van der Waals surface area contributed by atoms with Crippen molar-refractivity contribution >= 4 is 12.0 Å². The van der Waals surface area contributed by atoms with E-state index in [4.69, 9.17) is 4.42 Å². The van der Waals surface area contributed by atoms with Crippen molar-refractivity contribution in [3.8, 4) is 11.4 Å². The predicted molar refractivity (Wildman–Crippen MR) is 93.0 cm³/mol. The third-order valence-electron chi connectivity index (χ3n) is 3.56. The zero-order valence-corrected chi connectivity index (χ0v) is 13.3. The monoisotopic (exact) mass is 321 g/mol. The minimum absolute atomic E-state index is 0.125. The number of furan rings is 1. The molecule has 2 heterocycles. The van der Waals surface area contributed by atoms with Crippen LogP contribution in [-0.2, 0) is 11.3 Å². The minimum atomic E-state index is -0.125. The van der Waals surface area contributed by atoms with Gasteiger partial charge in [-0.2, -0.15) is 0 Å². The van der Waals surface area contributed by atoms with Gasteiger partial charge in [-0.3, -0.25) is 4.79 Å². The molecule has 1 N–H and O–H groups in total. The lowest BCUT2D eigenvalue weighted by atomic mass is 10.2. The van der Waals surface area contributed by atoms with Crippen molar-refractivity contribution in [2.75, 3.05) is 6.54 Å². The molecular weight excluding hydrogens is 302 g/mol. The Hall–Kier alpha value is -3.08. The number of aryl methyl sites for hydroxylation is 1. The predicted octanol–water partition coefficient (Wildman–Crippen LogP) is 3.36. The second kappa shape index (κ2) is 7.97. The van der Waals surface area contributed by atoms with Crippen molar-refractivity contribution in [2.45, 2.75) is 13.0 Å². The van der Waals surface area contributed by atoms with Gasteiger partial charge in [-0.25, -0.2) is 4.98 Å². The average Bonchev–Trinajstić information content (AvgIpc) is 3.29. The fourth-order valence-electron chi connectivity index (χ4n) is 2.40. The van der Waals surface area contributed by atoms with E-state index in [9.17, 15) is 4.79 Å². The normalized spacial score (nSPS) is 11.0. The largest absolute Gasteiger partial charge is 0.465 e. The number of carbonyl (C=O) groups excluding carboxylic acids is 1. The van der Waals surface area contributed by atoms with E-state index < -0.39 is 0 Å². The molecule has 3 aromatic rings. The molecule has 24 heavy (non-hydrogen) atoms. The summed E-state index contributed by atoms with van der Waals surface area (Å²) in [6, 6.07) is 13.7. The van der Waals surface area contributed by atoms with Gasteiger partial charge in [0.05, 0.1) is 6.26 Å². The molecule has 1 aromatic carbocycles. The molecule has 122 valence electrons. The first kappa shape index (κ1) is 15.8. The number of nitrogens with one attached hydrogen (secondary N) is 1. The molecule has 5 nitrogen and oxygen atoms in total. The van der Waals surface area contributed by atoms with Crippen LogP contribution in [0.4, 0.5) is 0 Å². The van der Waals surface area contributed by atoms with Gasteiger partial charge in [0, 0.05) is 37.1 Å². The summed E-state index contributed by atoms with van der Waals surface area (Å²) >= 11 is 0. The number of nitrogens with zero attached hydrogens (tertiary/aromatic N) is 2. The first-order chi connectivity index (χ1) is 11.8. The first-order valence-electron chi connectivity index (χ1n) is 7.89. The highest BCUT2D eigenvalue weighted by molar-refractivity contribution is 5.91. The molecule has 0 aliphatic heterocycles. The fraction of sp³-hybridized carbons (Fsp3) is 0.158. The summed E-state index contributed by atoms with van der Waals surface area (Å²) in [5.41, 5.74) is 1.09. The van der Waals surface area contributed by atoms with E-state index in [0.717, 1.165) is 24.4 Å². The second-order valence-corrected chi connectivity index (χ2v) is 5.30. The summed E-state index contributed by atoms with van der Waals surface area (Å²) in [5, 5.41) is 2.87. The Balaban J connectivity index is 1.46. The van der Waals surface area contributed by atoms with Gasteiger partial charge in [-0.05, 0) is 24.6 Å². The summed E-state index contributed by atoms with van der Waals surface area (Å²) < 4.78 is 7.23. The Morgan fingerprint density at radius 2 is 2.08 bits per heavy atom. The molecule has 2 aromatic heterocycles. The standard InChI is InChI=1S/C19H19N3O2/c23-18(10-9-17-8-4-15-24-17)20-11-5-13-22-14-12-21-19(22)16-6-2-1-3-7-16/h1-4,6-10,12,14-15H,5,11,13H2,(H,20,23)/b10-9+. The van der Waals surface area contributed by atoms with Gasteiger partial charge in [0.2, 0.25) is 5.91 Å². The van der Waals surface area contributed by atoms with Crippen LogP contribution in [0.25, 0.3) is 17.5 Å². The molecule has 0 atom stereocenters. The maximum Gasteiger partial charge on any atom is 0.244 e. The number of amides is 1. The van der Waals surface area contributed by atoms with Gasteiger partial charge >= 0.3 is 0 Å². The van der Waals surface area contributed by atoms with Crippen molar-refractivity contribution in [3.63, 3.8) is 0 Å². The quantitative estimate of drug-likeness (QED) is 0.536. The van der Waals surface area contributed by atoms with E-state index in [0.29, 0.717) is 12.3 Å². The van der Waals surface area contributed by atoms with Crippen LogP contribution in [0.5, 0.6) is 0 Å². The fourth-order valence-corrected chi connectivity index (χ4v) is 2.40. The maximum atomic E-state index is 11.7. The van der Waals surface area contributed by atoms with Crippen molar-refractivity contribution in [1.29, 1.82) is 0 Å². The van der Waals surface area contributed by atoms with Crippen LogP contribution in [-0.4, -0.2) is 22.0 Å². The van der Waals surface area contributed by atoms with Crippen LogP contribution in [0.2, 0.25) is 0 Å². The maximum absolute atomic E-state index is 11.7. The van der Waals surface area contributed by atoms with Gasteiger partial charge < -0.3 is 14.3 Å². The van der Waals surface area contributed by atoms with E-state index in [1.165, 1.54) is 6.08 Å². The smallest absolute Gasteiger partial charge is 0.244 e. The molecule has 0 bridgehead atoms. The number of hydrogen-bond acceptors (Lipinski definition) is 3. The number of hydrogen-bond donors (Lipinski definition) is 1.